The van der Waals surface area contributed by atoms with Gasteiger partial charge in [0.1, 0.15) is 12.2 Å². The molecule has 0 atom stereocenters. The Bertz CT molecular complexity index is 547. The topological polar surface area (TPSA) is 88.5 Å². The molecule has 0 unspecified atom stereocenters. The van der Waals surface area contributed by atoms with E-state index in [2.05, 4.69) is 25.9 Å². The van der Waals surface area contributed by atoms with Crippen molar-refractivity contribution in [2.24, 2.45) is 0 Å². The highest BCUT2D eigenvalue weighted by molar-refractivity contribution is 5.92. The summed E-state index contributed by atoms with van der Waals surface area (Å²) < 4.78 is 37.7. The highest BCUT2D eigenvalue weighted by atomic mass is 19.4. The van der Waals surface area contributed by atoms with Gasteiger partial charge in [-0.3, -0.25) is 4.79 Å². The summed E-state index contributed by atoms with van der Waals surface area (Å²) in [5.74, 6) is -0.402. The van der Waals surface area contributed by atoms with Crippen LogP contribution in [0.1, 0.15) is 16.3 Å². The molecule has 0 aliphatic heterocycles. The summed E-state index contributed by atoms with van der Waals surface area (Å²) in [5, 5.41) is 15.1. The number of aromatic nitrogens is 5. The Balaban J connectivity index is 2.01. The fourth-order valence-electron chi connectivity index (χ4n) is 1.46. The minimum Gasteiger partial charge on any atom is -0.343 e. The third-order valence-electron chi connectivity index (χ3n) is 2.21. The van der Waals surface area contributed by atoms with E-state index in [-0.39, 0.29) is 18.1 Å². The van der Waals surface area contributed by atoms with Crippen molar-refractivity contribution in [3.8, 4) is 0 Å². The van der Waals surface area contributed by atoms with Crippen LogP contribution in [0.4, 0.5) is 13.2 Å². The van der Waals surface area contributed by atoms with E-state index in [1.165, 1.54) is 18.3 Å². The second-order valence-corrected chi connectivity index (χ2v) is 3.65. The molecule has 102 valence electrons. The number of alkyl halides is 3. The van der Waals surface area contributed by atoms with E-state index >= 15 is 0 Å². The molecule has 0 radical (unpaired) electrons. The fraction of sp³-hybridized carbons (Fsp3) is 0.333. The lowest BCUT2D eigenvalue weighted by Crippen LogP contribution is -2.28. The molecule has 0 saturated heterocycles. The maximum Gasteiger partial charge on any atom is 0.406 e. The Kier molecular flexibility index (Phi) is 3.49. The molecule has 1 amide bonds. The second-order valence-electron chi connectivity index (χ2n) is 3.65. The van der Waals surface area contributed by atoms with Crippen molar-refractivity contribution >= 4 is 5.91 Å². The van der Waals surface area contributed by atoms with E-state index in [9.17, 15) is 18.0 Å². The first-order chi connectivity index (χ1) is 8.96. The van der Waals surface area contributed by atoms with Crippen molar-refractivity contribution in [2.45, 2.75) is 19.3 Å². The number of aromatic amines is 1. The summed E-state index contributed by atoms with van der Waals surface area (Å²) in [6.07, 6.45) is -3.20. The molecule has 0 aliphatic rings. The maximum absolute atomic E-state index is 12.3. The van der Waals surface area contributed by atoms with Gasteiger partial charge in [-0.05, 0) is 12.1 Å². The van der Waals surface area contributed by atoms with Crippen LogP contribution in [-0.4, -0.2) is 37.3 Å². The van der Waals surface area contributed by atoms with Crippen LogP contribution in [0.25, 0.3) is 0 Å². The van der Waals surface area contributed by atoms with E-state index in [4.69, 9.17) is 0 Å². The van der Waals surface area contributed by atoms with Crippen LogP contribution in [0, 0.1) is 0 Å². The van der Waals surface area contributed by atoms with Crippen molar-refractivity contribution in [3.63, 3.8) is 0 Å². The number of carbonyl (C=O) groups is 1. The van der Waals surface area contributed by atoms with E-state index in [0.29, 0.717) is 0 Å². The summed E-state index contributed by atoms with van der Waals surface area (Å²) in [5.41, 5.74) is -0.0826. The summed E-state index contributed by atoms with van der Waals surface area (Å²) in [7, 11) is 0. The van der Waals surface area contributed by atoms with Crippen LogP contribution in [0.15, 0.2) is 18.3 Å². The average Bonchev–Trinajstić information content (AvgIpc) is 2.94. The van der Waals surface area contributed by atoms with Crippen LogP contribution in [-0.2, 0) is 13.1 Å². The Hall–Kier alpha value is -2.39. The minimum atomic E-state index is -4.39. The van der Waals surface area contributed by atoms with Gasteiger partial charge < -0.3 is 9.88 Å². The van der Waals surface area contributed by atoms with E-state index < -0.39 is 18.6 Å². The van der Waals surface area contributed by atoms with Gasteiger partial charge in [0.15, 0.2) is 5.82 Å². The van der Waals surface area contributed by atoms with Gasteiger partial charge in [0.05, 0.1) is 6.54 Å². The Morgan fingerprint density at radius 3 is 2.89 bits per heavy atom. The summed E-state index contributed by atoms with van der Waals surface area (Å²) in [6, 6.07) is 2.67. The lowest BCUT2D eigenvalue weighted by atomic mass is 10.4. The molecule has 2 N–H and O–H groups in total. The normalized spacial score (nSPS) is 11.5. The first-order valence-corrected chi connectivity index (χ1v) is 5.18. The average molecular weight is 274 g/mol. The van der Waals surface area contributed by atoms with Gasteiger partial charge in [-0.1, -0.05) is 5.21 Å². The van der Waals surface area contributed by atoms with Crippen molar-refractivity contribution in [1.29, 1.82) is 0 Å². The second kappa shape index (κ2) is 5.08. The summed E-state index contributed by atoms with van der Waals surface area (Å²) in [4.78, 5) is 11.7. The Morgan fingerprint density at radius 1 is 1.47 bits per heavy atom. The predicted molar refractivity (Wildman–Crippen MR) is 55.8 cm³/mol. The highest BCUT2D eigenvalue weighted by Gasteiger charge is 2.29. The molecular weight excluding hydrogens is 265 g/mol. The van der Waals surface area contributed by atoms with Gasteiger partial charge in [-0.25, -0.2) is 0 Å². The van der Waals surface area contributed by atoms with Crippen molar-refractivity contribution in [2.75, 3.05) is 0 Å². The highest BCUT2D eigenvalue weighted by Crippen LogP contribution is 2.18. The molecule has 2 heterocycles. The van der Waals surface area contributed by atoms with Gasteiger partial charge in [0.2, 0.25) is 0 Å². The van der Waals surface area contributed by atoms with Crippen LogP contribution in [0.3, 0.4) is 0 Å². The summed E-state index contributed by atoms with van der Waals surface area (Å²) >= 11 is 0. The molecule has 0 spiro atoms. The zero-order valence-electron chi connectivity index (χ0n) is 9.48. The molecule has 0 aliphatic carbocycles. The number of hydrogen-bond donors (Lipinski definition) is 2. The molecule has 7 nitrogen and oxygen atoms in total. The minimum absolute atomic E-state index is 0.0213. The summed E-state index contributed by atoms with van der Waals surface area (Å²) in [6.45, 7) is -1.24. The number of carbonyl (C=O) groups excluding carboxylic acids is 1. The Labute approximate surface area is 104 Å². The third-order valence-corrected chi connectivity index (χ3v) is 2.21. The number of amides is 1. The van der Waals surface area contributed by atoms with Gasteiger partial charge >= 0.3 is 6.18 Å². The predicted octanol–water partition coefficient (Wildman–Crippen LogP) is 0.493. The molecule has 0 aromatic carbocycles. The number of H-pyrrole nitrogens is 1. The molecule has 0 fully saturated rings. The van der Waals surface area contributed by atoms with Gasteiger partial charge in [0, 0.05) is 6.20 Å². The SMILES string of the molecule is O=C(NCc1nn[nH]n1)c1cccn1CC(F)(F)F. The first-order valence-electron chi connectivity index (χ1n) is 5.18. The monoisotopic (exact) mass is 274 g/mol. The first kappa shape index (κ1) is 13.1. The van der Waals surface area contributed by atoms with Crippen molar-refractivity contribution < 1.29 is 18.0 Å². The zero-order chi connectivity index (χ0) is 13.9. The number of hydrogen-bond acceptors (Lipinski definition) is 4. The molecule has 19 heavy (non-hydrogen) atoms. The lowest BCUT2D eigenvalue weighted by Gasteiger charge is -2.11. The molecule has 2 aromatic rings. The van der Waals surface area contributed by atoms with Gasteiger partial charge in [0.25, 0.3) is 5.91 Å². The number of nitrogens with zero attached hydrogens (tertiary/aromatic N) is 4. The fourth-order valence-corrected chi connectivity index (χ4v) is 1.46. The number of nitrogens with one attached hydrogen (secondary N) is 2. The molecule has 0 saturated carbocycles. The molecular formula is C9H9F3N6O. The smallest absolute Gasteiger partial charge is 0.343 e. The van der Waals surface area contributed by atoms with Gasteiger partial charge in [-0.2, -0.15) is 18.4 Å². The number of halogens is 3. The number of tetrazole rings is 1. The van der Waals surface area contributed by atoms with Gasteiger partial charge in [-0.15, -0.1) is 10.2 Å². The molecule has 10 heteroatoms. The van der Waals surface area contributed by atoms with E-state index in [1.807, 2.05) is 0 Å². The van der Waals surface area contributed by atoms with E-state index in [1.54, 1.807) is 0 Å². The maximum atomic E-state index is 12.3. The zero-order valence-corrected chi connectivity index (χ0v) is 9.48. The van der Waals surface area contributed by atoms with Crippen molar-refractivity contribution in [1.82, 2.24) is 30.5 Å². The van der Waals surface area contributed by atoms with Crippen LogP contribution in [0.2, 0.25) is 0 Å². The largest absolute Gasteiger partial charge is 0.406 e. The van der Waals surface area contributed by atoms with E-state index in [0.717, 1.165) is 4.57 Å². The third kappa shape index (κ3) is 3.53. The standard InChI is InChI=1S/C9H9F3N6O/c10-9(11,12)5-18-3-1-2-6(18)8(19)13-4-7-14-16-17-15-7/h1-3H,4-5H2,(H,13,19)(H,14,15,16,17). The van der Waals surface area contributed by atoms with Crippen LogP contribution >= 0.6 is 0 Å². The van der Waals surface area contributed by atoms with Crippen molar-refractivity contribution in [3.05, 3.63) is 29.8 Å². The Morgan fingerprint density at radius 2 is 2.26 bits per heavy atom. The molecule has 2 rings (SSSR count). The molecule has 2 aromatic heterocycles. The number of rotatable bonds is 4. The quantitative estimate of drug-likeness (QED) is 0.849. The van der Waals surface area contributed by atoms with Crippen LogP contribution < -0.4 is 5.32 Å². The van der Waals surface area contributed by atoms with Crippen LogP contribution in [0.5, 0.6) is 0 Å². The lowest BCUT2D eigenvalue weighted by molar-refractivity contribution is -0.140. The molecule has 0 bridgehead atoms.